The van der Waals surface area contributed by atoms with Crippen molar-refractivity contribution in [2.45, 2.75) is 19.9 Å². The first-order chi connectivity index (χ1) is 13.3. The van der Waals surface area contributed by atoms with E-state index in [2.05, 4.69) is 10.6 Å². The average Bonchev–Trinajstić information content (AvgIpc) is 2.66. The fourth-order valence-electron chi connectivity index (χ4n) is 2.28. The van der Waals surface area contributed by atoms with E-state index in [1.54, 1.807) is 18.2 Å². The maximum Gasteiger partial charge on any atom is 0.328 e. The molecule has 0 aliphatic heterocycles. The van der Waals surface area contributed by atoms with E-state index in [1.807, 2.05) is 13.0 Å². The van der Waals surface area contributed by atoms with Crippen molar-refractivity contribution in [3.05, 3.63) is 69.8 Å². The second-order valence-corrected chi connectivity index (χ2v) is 6.03. The van der Waals surface area contributed by atoms with Gasteiger partial charge in [0.2, 0.25) is 0 Å². The molecule has 0 aliphatic rings. The van der Waals surface area contributed by atoms with Crippen LogP contribution in [0, 0.1) is 17.0 Å². The van der Waals surface area contributed by atoms with Gasteiger partial charge in [-0.1, -0.05) is 23.8 Å². The Balaban J connectivity index is 1.83. The number of carbonyl (C=O) groups is 3. The fraction of sp³-hybridized carbons (Fsp3) is 0.211. The molecule has 28 heavy (non-hydrogen) atoms. The summed E-state index contributed by atoms with van der Waals surface area (Å²) >= 11 is 0. The summed E-state index contributed by atoms with van der Waals surface area (Å²) in [5.41, 5.74) is 1.34. The molecule has 9 nitrogen and oxygen atoms in total. The smallest absolute Gasteiger partial charge is 0.328 e. The lowest BCUT2D eigenvalue weighted by atomic mass is 10.1. The van der Waals surface area contributed by atoms with Crippen LogP contribution in [0.25, 0.3) is 0 Å². The Morgan fingerprint density at radius 3 is 2.54 bits per heavy atom. The number of ether oxygens (including phenoxy) is 1. The predicted molar refractivity (Wildman–Crippen MR) is 101 cm³/mol. The first kappa shape index (κ1) is 20.6. The van der Waals surface area contributed by atoms with Gasteiger partial charge in [-0.15, -0.1) is 0 Å². The number of nitrogens with one attached hydrogen (secondary N) is 2. The Morgan fingerprint density at radius 2 is 1.86 bits per heavy atom. The molecular formula is C19H19N3O6. The van der Waals surface area contributed by atoms with Crippen LogP contribution >= 0.6 is 0 Å². The van der Waals surface area contributed by atoms with Crippen LogP contribution in [-0.4, -0.2) is 35.4 Å². The molecule has 0 aliphatic carbocycles. The van der Waals surface area contributed by atoms with Crippen molar-refractivity contribution in [2.24, 2.45) is 0 Å². The van der Waals surface area contributed by atoms with E-state index in [-0.39, 0.29) is 11.4 Å². The number of hydrogen-bond donors (Lipinski definition) is 2. The summed E-state index contributed by atoms with van der Waals surface area (Å²) in [5, 5.41) is 15.6. The first-order valence-electron chi connectivity index (χ1n) is 8.34. The van der Waals surface area contributed by atoms with Crippen molar-refractivity contribution in [2.75, 3.05) is 11.9 Å². The molecule has 0 heterocycles. The van der Waals surface area contributed by atoms with Gasteiger partial charge in [0.05, 0.1) is 4.92 Å². The van der Waals surface area contributed by atoms with E-state index in [4.69, 9.17) is 4.74 Å². The number of esters is 1. The lowest BCUT2D eigenvalue weighted by molar-refractivity contribution is -0.384. The highest BCUT2D eigenvalue weighted by molar-refractivity contribution is 5.97. The van der Waals surface area contributed by atoms with Crippen molar-refractivity contribution < 1.29 is 24.0 Å². The summed E-state index contributed by atoms with van der Waals surface area (Å²) in [5.74, 6) is -1.88. The average molecular weight is 385 g/mol. The molecule has 1 atom stereocenters. The zero-order chi connectivity index (χ0) is 20.7. The molecule has 0 bridgehead atoms. The van der Waals surface area contributed by atoms with E-state index >= 15 is 0 Å². The molecular weight excluding hydrogens is 366 g/mol. The van der Waals surface area contributed by atoms with E-state index in [9.17, 15) is 24.5 Å². The van der Waals surface area contributed by atoms with Crippen LogP contribution in [-0.2, 0) is 14.3 Å². The maximum atomic E-state index is 12.1. The molecule has 2 aromatic rings. The van der Waals surface area contributed by atoms with E-state index < -0.39 is 35.4 Å². The van der Waals surface area contributed by atoms with Gasteiger partial charge in [0, 0.05) is 23.4 Å². The van der Waals surface area contributed by atoms with E-state index in [0.717, 1.165) is 5.56 Å². The van der Waals surface area contributed by atoms with Gasteiger partial charge in [0.1, 0.15) is 6.04 Å². The molecule has 0 radical (unpaired) electrons. The lowest BCUT2D eigenvalue weighted by Crippen LogP contribution is -2.40. The number of nitro groups is 1. The number of amides is 2. The van der Waals surface area contributed by atoms with Gasteiger partial charge in [0.15, 0.2) is 6.61 Å². The number of rotatable bonds is 7. The fourth-order valence-corrected chi connectivity index (χ4v) is 2.28. The van der Waals surface area contributed by atoms with Gasteiger partial charge in [-0.05, 0) is 32.0 Å². The van der Waals surface area contributed by atoms with Crippen LogP contribution in [0.4, 0.5) is 11.4 Å². The summed E-state index contributed by atoms with van der Waals surface area (Å²) in [4.78, 5) is 46.1. The third-order valence-electron chi connectivity index (χ3n) is 3.67. The van der Waals surface area contributed by atoms with Crippen LogP contribution in [0.5, 0.6) is 0 Å². The number of hydrogen-bond acceptors (Lipinski definition) is 6. The summed E-state index contributed by atoms with van der Waals surface area (Å²) < 4.78 is 4.88. The highest BCUT2D eigenvalue weighted by Crippen LogP contribution is 2.16. The number of carbonyl (C=O) groups excluding carboxylic acids is 3. The minimum atomic E-state index is -0.960. The van der Waals surface area contributed by atoms with E-state index in [0.29, 0.717) is 5.56 Å². The zero-order valence-corrected chi connectivity index (χ0v) is 15.3. The van der Waals surface area contributed by atoms with Crippen LogP contribution in [0.1, 0.15) is 22.8 Å². The van der Waals surface area contributed by atoms with Crippen LogP contribution in [0.15, 0.2) is 48.5 Å². The highest BCUT2D eigenvalue weighted by Gasteiger charge is 2.19. The maximum absolute atomic E-state index is 12.1. The molecule has 2 aromatic carbocycles. The van der Waals surface area contributed by atoms with Gasteiger partial charge in [-0.2, -0.15) is 0 Å². The first-order valence-corrected chi connectivity index (χ1v) is 8.34. The topological polar surface area (TPSA) is 128 Å². The minimum absolute atomic E-state index is 0.178. The number of anilines is 1. The van der Waals surface area contributed by atoms with Crippen molar-refractivity contribution >= 4 is 29.2 Å². The predicted octanol–water partition coefficient (Wildman–Crippen LogP) is 2.20. The third kappa shape index (κ3) is 5.90. The molecule has 2 amide bonds. The molecule has 0 saturated carbocycles. The molecule has 0 fully saturated rings. The Hall–Kier alpha value is -3.75. The number of nitrogens with zero attached hydrogens (tertiary/aromatic N) is 1. The van der Waals surface area contributed by atoms with E-state index in [1.165, 1.54) is 31.2 Å². The molecule has 0 aromatic heterocycles. The number of non-ortho nitro benzene ring substituents is 1. The normalized spacial score (nSPS) is 11.2. The summed E-state index contributed by atoms with van der Waals surface area (Å²) in [6, 6.07) is 11.3. The van der Waals surface area contributed by atoms with Crippen molar-refractivity contribution in [1.82, 2.24) is 5.32 Å². The van der Waals surface area contributed by atoms with Gasteiger partial charge in [-0.25, -0.2) is 4.79 Å². The van der Waals surface area contributed by atoms with Crippen LogP contribution < -0.4 is 10.6 Å². The molecule has 9 heteroatoms. The van der Waals surface area contributed by atoms with Crippen molar-refractivity contribution in [3.8, 4) is 0 Å². The molecule has 146 valence electrons. The highest BCUT2D eigenvalue weighted by atomic mass is 16.6. The Morgan fingerprint density at radius 1 is 1.14 bits per heavy atom. The van der Waals surface area contributed by atoms with Crippen LogP contribution in [0.2, 0.25) is 0 Å². The monoisotopic (exact) mass is 385 g/mol. The zero-order valence-electron chi connectivity index (χ0n) is 15.3. The molecule has 2 N–H and O–H groups in total. The second-order valence-electron chi connectivity index (χ2n) is 6.03. The standard InChI is InChI=1S/C19H19N3O6/c1-12-5-3-6-14(9-12)18(24)20-13(2)19(25)28-11-17(23)21-15-7-4-8-16(10-15)22(26)27/h3-10,13H,11H2,1-2H3,(H,20,24)(H,21,23)/t13-/m0/s1. The third-order valence-corrected chi connectivity index (χ3v) is 3.67. The van der Waals surface area contributed by atoms with Gasteiger partial charge < -0.3 is 15.4 Å². The molecule has 0 saturated heterocycles. The largest absolute Gasteiger partial charge is 0.454 e. The molecule has 2 rings (SSSR count). The summed E-state index contributed by atoms with van der Waals surface area (Å²) in [6.07, 6.45) is 0. The Bertz CT molecular complexity index is 912. The van der Waals surface area contributed by atoms with Crippen molar-refractivity contribution in [1.29, 1.82) is 0 Å². The SMILES string of the molecule is Cc1cccc(C(=O)N[C@@H](C)C(=O)OCC(=O)Nc2cccc([N+](=O)[O-])c2)c1. The quantitative estimate of drug-likeness (QED) is 0.427. The summed E-state index contributed by atoms with van der Waals surface area (Å²) in [7, 11) is 0. The Labute approximate surface area is 160 Å². The van der Waals surface area contributed by atoms with Crippen LogP contribution in [0.3, 0.4) is 0 Å². The Kier molecular flexibility index (Phi) is 6.80. The van der Waals surface area contributed by atoms with Gasteiger partial charge in [-0.3, -0.25) is 19.7 Å². The molecule has 0 unspecified atom stereocenters. The van der Waals surface area contributed by atoms with Crippen molar-refractivity contribution in [3.63, 3.8) is 0 Å². The number of aryl methyl sites for hydroxylation is 1. The summed E-state index contributed by atoms with van der Waals surface area (Å²) in [6.45, 7) is 2.69. The second kappa shape index (κ2) is 9.26. The number of benzene rings is 2. The molecule has 0 spiro atoms. The minimum Gasteiger partial charge on any atom is -0.454 e. The lowest BCUT2D eigenvalue weighted by Gasteiger charge is -2.13. The van der Waals surface area contributed by atoms with Gasteiger partial charge >= 0.3 is 5.97 Å². The number of nitro benzene ring substituents is 1. The van der Waals surface area contributed by atoms with Gasteiger partial charge in [0.25, 0.3) is 17.5 Å².